The van der Waals surface area contributed by atoms with Crippen LogP contribution in [0.4, 0.5) is 0 Å². The molecule has 1 unspecified atom stereocenters. The number of carbonyl (C=O) groups is 2. The van der Waals surface area contributed by atoms with Gasteiger partial charge in [-0.3, -0.25) is 9.59 Å². The number of carbonyl (C=O) groups excluding carboxylic acids is 2. The minimum atomic E-state index is -3.82. The van der Waals surface area contributed by atoms with E-state index in [1.807, 2.05) is 0 Å². The molecule has 1 fully saturated rings. The number of nitrogens with one attached hydrogen (secondary N) is 1. The number of hydrogen-bond acceptors (Lipinski definition) is 5. The Morgan fingerprint density at radius 2 is 1.71 bits per heavy atom. The molecule has 1 aromatic carbocycles. The molecule has 1 N–H and O–H groups in total. The van der Waals surface area contributed by atoms with Crippen LogP contribution in [0.25, 0.3) is 0 Å². The third-order valence-corrected chi connectivity index (χ3v) is 5.35. The molecule has 0 spiro atoms. The predicted octanol–water partition coefficient (Wildman–Crippen LogP) is 0.907. The highest BCUT2D eigenvalue weighted by Gasteiger charge is 2.29. The van der Waals surface area contributed by atoms with Crippen LogP contribution in [0.3, 0.4) is 0 Å². The molecule has 2 atom stereocenters. The number of sulfonamides is 1. The number of esters is 1. The minimum absolute atomic E-state index is 0.0610. The molecule has 1 heterocycles. The average Bonchev–Trinajstić information content (AvgIpc) is 3.08. The maximum atomic E-state index is 12.2. The van der Waals surface area contributed by atoms with Crippen molar-refractivity contribution in [3.8, 4) is 0 Å². The first-order valence-electron chi connectivity index (χ1n) is 7.88. The monoisotopic (exact) mass is 354 g/mol. The lowest BCUT2D eigenvalue weighted by Gasteiger charge is -2.22. The fourth-order valence-corrected chi connectivity index (χ4v) is 3.68. The molecule has 0 aliphatic carbocycles. The number of hydrogen-bond donors (Lipinski definition) is 1. The Kier molecular flexibility index (Phi) is 5.95. The van der Waals surface area contributed by atoms with Crippen LogP contribution >= 0.6 is 0 Å². The van der Waals surface area contributed by atoms with Crippen molar-refractivity contribution in [1.82, 2.24) is 9.62 Å². The van der Waals surface area contributed by atoms with Crippen LogP contribution in [0.1, 0.15) is 26.7 Å². The molecule has 8 heteroatoms. The fraction of sp³-hybridized carbons (Fsp3) is 0.500. The van der Waals surface area contributed by atoms with Crippen molar-refractivity contribution in [1.29, 1.82) is 0 Å². The number of likely N-dealkylation sites (tertiary alicyclic amines) is 1. The third-order valence-electron chi connectivity index (χ3n) is 3.80. The van der Waals surface area contributed by atoms with Gasteiger partial charge in [0.2, 0.25) is 10.0 Å². The Bertz CT molecular complexity index is 684. The lowest BCUT2D eigenvalue weighted by molar-refractivity contribution is -0.159. The molecule has 0 aromatic heterocycles. The van der Waals surface area contributed by atoms with Crippen molar-refractivity contribution in [2.24, 2.45) is 0 Å². The smallest absolute Gasteiger partial charge is 0.324 e. The molecule has 0 saturated carbocycles. The van der Waals surface area contributed by atoms with E-state index >= 15 is 0 Å². The van der Waals surface area contributed by atoms with Gasteiger partial charge in [-0.15, -0.1) is 0 Å². The van der Waals surface area contributed by atoms with Crippen molar-refractivity contribution in [3.05, 3.63) is 30.3 Å². The van der Waals surface area contributed by atoms with E-state index < -0.39 is 28.1 Å². The molecule has 1 saturated heterocycles. The van der Waals surface area contributed by atoms with Gasteiger partial charge in [-0.05, 0) is 38.8 Å². The van der Waals surface area contributed by atoms with Gasteiger partial charge in [-0.25, -0.2) is 8.42 Å². The number of rotatable bonds is 6. The zero-order valence-corrected chi connectivity index (χ0v) is 14.6. The van der Waals surface area contributed by atoms with Crippen molar-refractivity contribution < 1.29 is 22.7 Å². The van der Waals surface area contributed by atoms with Gasteiger partial charge >= 0.3 is 5.97 Å². The van der Waals surface area contributed by atoms with E-state index in [0.29, 0.717) is 13.1 Å². The number of benzene rings is 1. The van der Waals surface area contributed by atoms with Crippen LogP contribution < -0.4 is 4.72 Å². The maximum Gasteiger partial charge on any atom is 0.324 e. The van der Waals surface area contributed by atoms with Gasteiger partial charge in [0.25, 0.3) is 5.91 Å². The molecule has 2 rings (SSSR count). The first-order chi connectivity index (χ1) is 11.3. The highest BCUT2D eigenvalue weighted by molar-refractivity contribution is 7.89. The second-order valence-corrected chi connectivity index (χ2v) is 7.48. The average molecular weight is 354 g/mol. The Morgan fingerprint density at radius 3 is 2.29 bits per heavy atom. The van der Waals surface area contributed by atoms with Gasteiger partial charge in [0.1, 0.15) is 6.04 Å². The van der Waals surface area contributed by atoms with Gasteiger partial charge in [0.05, 0.1) is 4.90 Å². The highest BCUT2D eigenvalue weighted by atomic mass is 32.2. The first kappa shape index (κ1) is 18.4. The van der Waals surface area contributed by atoms with Crippen LogP contribution in [0, 0.1) is 0 Å². The zero-order valence-electron chi connectivity index (χ0n) is 13.8. The number of amides is 1. The minimum Gasteiger partial charge on any atom is -0.451 e. The van der Waals surface area contributed by atoms with E-state index in [1.165, 1.54) is 26.0 Å². The summed E-state index contributed by atoms with van der Waals surface area (Å²) in [5.74, 6) is -1.03. The Morgan fingerprint density at radius 1 is 1.12 bits per heavy atom. The number of nitrogens with zero attached hydrogens (tertiary/aromatic N) is 1. The van der Waals surface area contributed by atoms with Crippen LogP contribution in [-0.4, -0.2) is 50.4 Å². The summed E-state index contributed by atoms with van der Waals surface area (Å²) in [6, 6.07) is 6.65. The molecule has 1 aliphatic heterocycles. The van der Waals surface area contributed by atoms with Crippen LogP contribution in [0.5, 0.6) is 0 Å². The van der Waals surface area contributed by atoms with E-state index in [-0.39, 0.29) is 10.8 Å². The summed E-state index contributed by atoms with van der Waals surface area (Å²) in [7, 11) is -3.82. The van der Waals surface area contributed by atoms with Crippen molar-refractivity contribution in [3.63, 3.8) is 0 Å². The summed E-state index contributed by atoms with van der Waals surface area (Å²) in [5.41, 5.74) is 0. The SMILES string of the molecule is CC(OC(=O)[C@H](C)NS(=O)(=O)c1ccccc1)C(=O)N1CCCC1. The lowest BCUT2D eigenvalue weighted by Crippen LogP contribution is -2.44. The molecule has 1 aromatic rings. The van der Waals surface area contributed by atoms with E-state index in [4.69, 9.17) is 4.74 Å². The molecular weight excluding hydrogens is 332 g/mol. The fourth-order valence-electron chi connectivity index (χ4n) is 2.47. The Labute approximate surface area is 142 Å². The second kappa shape index (κ2) is 7.76. The van der Waals surface area contributed by atoms with E-state index in [0.717, 1.165) is 12.8 Å². The van der Waals surface area contributed by atoms with Crippen LogP contribution in [0.2, 0.25) is 0 Å². The summed E-state index contributed by atoms with van der Waals surface area (Å²) in [6.07, 6.45) is 0.957. The van der Waals surface area contributed by atoms with E-state index in [1.54, 1.807) is 23.1 Å². The molecule has 1 aliphatic rings. The normalized spacial score (nSPS) is 17.3. The summed E-state index contributed by atoms with van der Waals surface area (Å²) in [5, 5.41) is 0. The maximum absolute atomic E-state index is 12.2. The van der Waals surface area contributed by atoms with Crippen molar-refractivity contribution in [2.75, 3.05) is 13.1 Å². The van der Waals surface area contributed by atoms with Crippen molar-refractivity contribution in [2.45, 2.75) is 43.7 Å². The molecule has 0 radical (unpaired) electrons. The largest absolute Gasteiger partial charge is 0.451 e. The quantitative estimate of drug-likeness (QED) is 0.767. The van der Waals surface area contributed by atoms with Crippen LogP contribution in [-0.2, 0) is 24.3 Å². The van der Waals surface area contributed by atoms with E-state index in [9.17, 15) is 18.0 Å². The highest BCUT2D eigenvalue weighted by Crippen LogP contribution is 2.12. The third kappa shape index (κ3) is 4.55. The predicted molar refractivity (Wildman–Crippen MR) is 87.6 cm³/mol. The van der Waals surface area contributed by atoms with Gasteiger partial charge in [-0.1, -0.05) is 18.2 Å². The first-order valence-corrected chi connectivity index (χ1v) is 9.36. The second-order valence-electron chi connectivity index (χ2n) is 5.77. The molecule has 132 valence electrons. The number of ether oxygens (including phenoxy) is 1. The molecular formula is C16H22N2O5S. The summed E-state index contributed by atoms with van der Waals surface area (Å²) < 4.78 is 31.7. The summed E-state index contributed by atoms with van der Waals surface area (Å²) in [6.45, 7) is 4.21. The Balaban J connectivity index is 1.93. The standard InChI is InChI=1S/C16H22N2O5S/c1-12(17-24(21,22)14-8-4-3-5-9-14)16(20)23-13(2)15(19)18-10-6-7-11-18/h3-5,8-9,12-13,17H,6-7,10-11H2,1-2H3/t12-,13?/m0/s1. The molecule has 24 heavy (non-hydrogen) atoms. The van der Waals surface area contributed by atoms with Crippen molar-refractivity contribution >= 4 is 21.9 Å². The zero-order chi connectivity index (χ0) is 17.7. The van der Waals surface area contributed by atoms with E-state index in [2.05, 4.69) is 4.72 Å². The van der Waals surface area contributed by atoms with Crippen LogP contribution in [0.15, 0.2) is 35.2 Å². The lowest BCUT2D eigenvalue weighted by atomic mass is 10.3. The van der Waals surface area contributed by atoms with Gasteiger partial charge < -0.3 is 9.64 Å². The molecule has 1 amide bonds. The van der Waals surface area contributed by atoms with Gasteiger partial charge in [0.15, 0.2) is 6.10 Å². The summed E-state index contributed by atoms with van der Waals surface area (Å²) >= 11 is 0. The Hall–Kier alpha value is -1.93. The summed E-state index contributed by atoms with van der Waals surface area (Å²) in [4.78, 5) is 25.9. The topological polar surface area (TPSA) is 92.8 Å². The molecule has 7 nitrogen and oxygen atoms in total. The van der Waals surface area contributed by atoms with Gasteiger partial charge in [0, 0.05) is 13.1 Å². The molecule has 0 bridgehead atoms. The van der Waals surface area contributed by atoms with Gasteiger partial charge in [-0.2, -0.15) is 4.72 Å².